The van der Waals surface area contributed by atoms with E-state index in [2.05, 4.69) is 0 Å². The van der Waals surface area contributed by atoms with Crippen molar-refractivity contribution < 1.29 is 9.35 Å². The van der Waals surface area contributed by atoms with Crippen LogP contribution in [0.5, 0.6) is 0 Å². The Morgan fingerprint density at radius 1 is 1.22 bits per heavy atom. The molecule has 0 aliphatic heterocycles. The summed E-state index contributed by atoms with van der Waals surface area (Å²) in [7, 11) is 0. The van der Waals surface area contributed by atoms with E-state index in [1.54, 1.807) is 12.3 Å². The molecule has 4 heteroatoms. The van der Waals surface area contributed by atoms with Gasteiger partial charge in [0.25, 0.3) is 0 Å². The molecule has 0 aliphatic rings. The summed E-state index contributed by atoms with van der Waals surface area (Å²) in [5.74, 6) is 0.00971. The fourth-order valence-electron chi connectivity index (χ4n) is 1.84. The molecule has 1 aromatic heterocycles. The molecule has 0 fully saturated rings. The molecule has 94 valence electrons. The van der Waals surface area contributed by atoms with Crippen LogP contribution in [-0.2, 0) is 17.7 Å². The zero-order chi connectivity index (χ0) is 13.0. The minimum Gasteiger partial charge on any atom is -0.616 e. The minimum absolute atomic E-state index is 0.0724. The van der Waals surface area contributed by atoms with Crippen molar-refractivity contribution in [3.05, 3.63) is 59.9 Å². The van der Waals surface area contributed by atoms with Crippen molar-refractivity contribution >= 4 is 17.0 Å². The van der Waals surface area contributed by atoms with Crippen LogP contribution in [0.15, 0.2) is 48.7 Å². The van der Waals surface area contributed by atoms with Gasteiger partial charge < -0.3 is 9.12 Å². The molecule has 0 aliphatic carbocycles. The van der Waals surface area contributed by atoms with Crippen molar-refractivity contribution in [1.82, 2.24) is 4.57 Å². The Bertz CT molecular complexity index is 520. The van der Waals surface area contributed by atoms with Crippen LogP contribution in [-0.4, -0.2) is 26.9 Å². The number of carbonyl (C=O) groups is 1. The highest BCUT2D eigenvalue weighted by Crippen LogP contribution is 2.09. The van der Waals surface area contributed by atoms with E-state index in [0.717, 1.165) is 5.56 Å². The Labute approximate surface area is 110 Å². The summed E-state index contributed by atoms with van der Waals surface area (Å²) in [6.45, 7) is 0.658. The average Bonchev–Trinajstić information content (AvgIpc) is 2.77. The molecule has 1 unspecified atom stereocenters. The highest BCUT2D eigenvalue weighted by molar-refractivity contribution is 7.91. The van der Waals surface area contributed by atoms with Crippen LogP contribution in [0, 0.1) is 0 Å². The minimum atomic E-state index is -1.10. The van der Waals surface area contributed by atoms with Gasteiger partial charge in [-0.3, -0.25) is 4.79 Å². The maximum absolute atomic E-state index is 11.9. The Morgan fingerprint density at radius 3 is 2.61 bits per heavy atom. The molecule has 18 heavy (non-hydrogen) atoms. The molecule has 1 atom stereocenters. The number of benzene rings is 1. The molecule has 0 saturated heterocycles. The molecule has 0 bridgehead atoms. The topological polar surface area (TPSA) is 45.1 Å². The standard InChI is InChI=1S/C14H15NO2S/c1-18(17)11-14(16)13-8-5-9-15(13)10-12-6-3-2-4-7-12/h2-9H,10-11H2,1H3. The second-order valence-electron chi connectivity index (χ2n) is 4.15. The lowest BCUT2D eigenvalue weighted by Crippen LogP contribution is -2.18. The SMILES string of the molecule is C[S+]([O-])CC(=O)c1cccn1Cc1ccccc1. The van der Waals surface area contributed by atoms with Gasteiger partial charge in [-0.25, -0.2) is 0 Å². The Balaban J connectivity index is 2.15. The second-order valence-corrected chi connectivity index (χ2v) is 5.58. The summed E-state index contributed by atoms with van der Waals surface area (Å²) in [6.07, 6.45) is 3.42. The van der Waals surface area contributed by atoms with Crippen molar-refractivity contribution in [3.8, 4) is 0 Å². The number of Topliss-reactive ketones (excluding diaryl/α,β-unsaturated/α-hetero) is 1. The van der Waals surface area contributed by atoms with E-state index in [4.69, 9.17) is 0 Å². The van der Waals surface area contributed by atoms with E-state index in [1.165, 1.54) is 0 Å². The highest BCUT2D eigenvalue weighted by Gasteiger charge is 2.15. The number of ketones is 1. The molecule has 2 aromatic rings. The first kappa shape index (κ1) is 12.9. The van der Waals surface area contributed by atoms with Gasteiger partial charge >= 0.3 is 0 Å². The number of hydrogen-bond acceptors (Lipinski definition) is 2. The monoisotopic (exact) mass is 261 g/mol. The predicted octanol–water partition coefficient (Wildman–Crippen LogP) is 2.10. The molecule has 0 spiro atoms. The first-order chi connectivity index (χ1) is 8.66. The van der Waals surface area contributed by atoms with Gasteiger partial charge in [-0.05, 0) is 28.9 Å². The zero-order valence-electron chi connectivity index (χ0n) is 10.2. The summed E-state index contributed by atoms with van der Waals surface area (Å²) in [5, 5.41) is 0. The van der Waals surface area contributed by atoms with Crippen LogP contribution in [0.4, 0.5) is 0 Å². The highest BCUT2D eigenvalue weighted by atomic mass is 32.2. The number of nitrogens with zero attached hydrogens (tertiary/aromatic N) is 1. The van der Waals surface area contributed by atoms with Crippen LogP contribution in [0.1, 0.15) is 16.1 Å². The third-order valence-electron chi connectivity index (χ3n) is 2.65. The van der Waals surface area contributed by atoms with Gasteiger partial charge in [-0.1, -0.05) is 30.3 Å². The fourth-order valence-corrected chi connectivity index (χ4v) is 2.36. The summed E-state index contributed by atoms with van der Waals surface area (Å²) in [6, 6.07) is 13.6. The van der Waals surface area contributed by atoms with E-state index < -0.39 is 11.2 Å². The summed E-state index contributed by atoms with van der Waals surface area (Å²) >= 11 is -1.10. The van der Waals surface area contributed by atoms with Gasteiger partial charge in [0.1, 0.15) is 0 Å². The quantitative estimate of drug-likeness (QED) is 0.611. The lowest BCUT2D eigenvalue weighted by molar-refractivity contribution is 0.101. The Hall–Kier alpha value is -1.52. The first-order valence-corrected chi connectivity index (χ1v) is 7.42. The maximum atomic E-state index is 11.9. The molecule has 1 aromatic carbocycles. The zero-order valence-corrected chi connectivity index (χ0v) is 11.0. The van der Waals surface area contributed by atoms with Crippen molar-refractivity contribution in [1.29, 1.82) is 0 Å². The number of hydrogen-bond donors (Lipinski definition) is 0. The smallest absolute Gasteiger partial charge is 0.228 e. The van der Waals surface area contributed by atoms with Gasteiger partial charge in [0, 0.05) is 12.7 Å². The first-order valence-electron chi connectivity index (χ1n) is 5.69. The van der Waals surface area contributed by atoms with E-state index in [9.17, 15) is 9.35 Å². The third-order valence-corrected chi connectivity index (χ3v) is 3.31. The third kappa shape index (κ3) is 3.24. The molecule has 0 radical (unpaired) electrons. The fraction of sp³-hybridized carbons (Fsp3) is 0.214. The van der Waals surface area contributed by atoms with E-state index >= 15 is 0 Å². The molecule has 0 N–H and O–H groups in total. The van der Waals surface area contributed by atoms with Crippen LogP contribution in [0.25, 0.3) is 0 Å². The lowest BCUT2D eigenvalue weighted by Gasteiger charge is -2.09. The van der Waals surface area contributed by atoms with Gasteiger partial charge in [0.05, 0.1) is 11.9 Å². The Morgan fingerprint density at radius 2 is 1.94 bits per heavy atom. The molecular weight excluding hydrogens is 246 g/mol. The molecule has 2 rings (SSSR count). The Kier molecular flexibility index (Phi) is 4.23. The summed E-state index contributed by atoms with van der Waals surface area (Å²) in [5.41, 5.74) is 1.76. The van der Waals surface area contributed by atoms with Gasteiger partial charge in [-0.15, -0.1) is 0 Å². The van der Waals surface area contributed by atoms with Crippen LogP contribution in [0.2, 0.25) is 0 Å². The van der Waals surface area contributed by atoms with E-state index in [1.807, 2.05) is 47.2 Å². The molecule has 0 amide bonds. The van der Waals surface area contributed by atoms with Crippen molar-refractivity contribution in [2.45, 2.75) is 6.54 Å². The predicted molar refractivity (Wildman–Crippen MR) is 73.2 cm³/mol. The molecule has 1 heterocycles. The molecule has 3 nitrogen and oxygen atoms in total. The van der Waals surface area contributed by atoms with Crippen molar-refractivity contribution in [2.24, 2.45) is 0 Å². The van der Waals surface area contributed by atoms with Gasteiger partial charge in [0.2, 0.25) is 5.78 Å². The summed E-state index contributed by atoms with van der Waals surface area (Å²) in [4.78, 5) is 11.9. The maximum Gasteiger partial charge on any atom is 0.228 e. The van der Waals surface area contributed by atoms with E-state index in [0.29, 0.717) is 12.2 Å². The average molecular weight is 261 g/mol. The van der Waals surface area contributed by atoms with Crippen LogP contribution >= 0.6 is 0 Å². The molecule has 0 saturated carbocycles. The largest absolute Gasteiger partial charge is 0.616 e. The van der Waals surface area contributed by atoms with Gasteiger partial charge in [0.15, 0.2) is 5.75 Å². The number of rotatable bonds is 5. The number of aromatic nitrogens is 1. The lowest BCUT2D eigenvalue weighted by atomic mass is 10.2. The summed E-state index contributed by atoms with van der Waals surface area (Å²) < 4.78 is 13.0. The van der Waals surface area contributed by atoms with Crippen molar-refractivity contribution in [2.75, 3.05) is 12.0 Å². The van der Waals surface area contributed by atoms with Gasteiger partial charge in [-0.2, -0.15) is 0 Å². The van der Waals surface area contributed by atoms with Crippen LogP contribution < -0.4 is 0 Å². The normalized spacial score (nSPS) is 12.3. The van der Waals surface area contributed by atoms with Crippen LogP contribution in [0.3, 0.4) is 0 Å². The van der Waals surface area contributed by atoms with E-state index in [-0.39, 0.29) is 11.5 Å². The second kappa shape index (κ2) is 5.89. The molecular formula is C14H15NO2S. The van der Waals surface area contributed by atoms with Crippen molar-refractivity contribution in [3.63, 3.8) is 0 Å². The number of carbonyl (C=O) groups excluding carboxylic acids is 1.